The summed E-state index contributed by atoms with van der Waals surface area (Å²) in [6.45, 7) is 9.76. The summed E-state index contributed by atoms with van der Waals surface area (Å²) in [5.41, 5.74) is 0. The fourth-order valence-electron chi connectivity index (χ4n) is 1.62. The summed E-state index contributed by atoms with van der Waals surface area (Å²) < 4.78 is 2.24. The van der Waals surface area contributed by atoms with Crippen LogP contribution in [0.4, 0.5) is 0 Å². The van der Waals surface area contributed by atoms with Crippen LogP contribution in [0.1, 0.15) is 24.7 Å². The number of hydrogen-bond acceptors (Lipinski definition) is 3. The maximum Gasteiger partial charge on any atom is 3.00 e. The van der Waals surface area contributed by atoms with Crippen molar-refractivity contribution in [1.29, 1.82) is 0 Å². The van der Waals surface area contributed by atoms with Crippen LogP contribution >= 0.6 is 9.39 Å². The van der Waals surface area contributed by atoms with E-state index in [-0.39, 0.29) is 32.7 Å². The zero-order valence-corrected chi connectivity index (χ0v) is 14.1. The second-order valence-electron chi connectivity index (χ2n) is 3.56. The first-order valence-electron chi connectivity index (χ1n) is 5.51. The summed E-state index contributed by atoms with van der Waals surface area (Å²) in [5.74, 6) is 1.04. The summed E-state index contributed by atoms with van der Waals surface area (Å²) in [6, 6.07) is 0.464. The van der Waals surface area contributed by atoms with Crippen LogP contribution in [0.3, 0.4) is 0 Å². The summed E-state index contributed by atoms with van der Waals surface area (Å²) in [5, 5.41) is 2.89. The molecule has 1 saturated heterocycles. The van der Waals surface area contributed by atoms with E-state index in [4.69, 9.17) is 0 Å². The molecule has 2 heterocycles. The molecule has 2 N–H and O–H groups in total. The van der Waals surface area contributed by atoms with Gasteiger partial charge in [-0.15, -0.1) is 19.3 Å². The van der Waals surface area contributed by atoms with Gasteiger partial charge in [0.05, 0.1) is 0 Å². The summed E-state index contributed by atoms with van der Waals surface area (Å²) in [4.78, 5) is 7.20. The van der Waals surface area contributed by atoms with Gasteiger partial charge >= 0.3 is 32.7 Å². The first-order chi connectivity index (χ1) is 7.79. The molecule has 1 aliphatic heterocycles. The van der Waals surface area contributed by atoms with Crippen LogP contribution in [0, 0.1) is 20.0 Å². The second-order valence-corrected chi connectivity index (χ2v) is 4.22. The molecule has 1 aromatic heterocycles. The van der Waals surface area contributed by atoms with Gasteiger partial charge in [0, 0.05) is 12.6 Å². The molecule has 0 aromatic carbocycles. The molecule has 0 aliphatic carbocycles. The average molecular weight is 328 g/mol. The molecule has 2 rings (SSSR count). The third-order valence-electron chi connectivity index (χ3n) is 2.43. The van der Waals surface area contributed by atoms with Crippen molar-refractivity contribution < 1.29 is 32.7 Å². The summed E-state index contributed by atoms with van der Waals surface area (Å²) in [7, 11) is 2.74. The number of aromatic nitrogens is 2. The van der Waals surface area contributed by atoms with Crippen molar-refractivity contribution in [2.24, 2.45) is 0 Å². The van der Waals surface area contributed by atoms with Crippen LogP contribution in [-0.2, 0) is 32.7 Å². The number of nitrogens with one attached hydrogen (secondary N) is 2. The normalized spacial score (nSPS) is 19.4. The molecule has 0 radical (unpaired) electrons. The smallest absolute Gasteiger partial charge is 0.441 e. The van der Waals surface area contributed by atoms with E-state index in [1.807, 2.05) is 0 Å². The van der Waals surface area contributed by atoms with Crippen LogP contribution in [0.15, 0.2) is 6.20 Å². The van der Waals surface area contributed by atoms with Crippen molar-refractivity contribution in [3.05, 3.63) is 32.1 Å². The van der Waals surface area contributed by atoms with E-state index in [1.165, 1.54) is 12.8 Å². The summed E-state index contributed by atoms with van der Waals surface area (Å²) in [6.07, 6.45) is 7.00. The van der Waals surface area contributed by atoms with Crippen molar-refractivity contribution in [3.63, 3.8) is 0 Å². The molecule has 2 unspecified atom stereocenters. The Bertz CT molecular complexity index is 266. The fourth-order valence-corrected chi connectivity index (χ4v) is 2.09. The minimum Gasteiger partial charge on any atom is -0.441 e. The largest absolute Gasteiger partial charge is 3.00 e. The summed E-state index contributed by atoms with van der Waals surface area (Å²) >= 11 is 0. The standard InChI is InChI=1S/C7H11N3P.C4H9N.Y/c11-10-5-1-2-6(10)7-8-3-4-9-7;1-3-5-4-2;/h3,6H,1-2,5,11H2,(H,8,9);5H,1-4H2;/q-1;-2;+3. The number of rotatable bonds is 3. The van der Waals surface area contributed by atoms with Crippen molar-refractivity contribution in [2.75, 3.05) is 19.6 Å². The minimum absolute atomic E-state index is 0. The first-order valence-corrected chi connectivity index (χ1v) is 6.03. The van der Waals surface area contributed by atoms with Gasteiger partial charge in [0.2, 0.25) is 0 Å². The molecular weight excluding hydrogens is 308 g/mol. The zero-order chi connectivity index (χ0) is 11.8. The van der Waals surface area contributed by atoms with Gasteiger partial charge in [-0.25, -0.2) is 0 Å². The number of aromatic amines is 1. The topological polar surface area (TPSA) is 44.0 Å². The van der Waals surface area contributed by atoms with E-state index in [0.29, 0.717) is 6.04 Å². The minimum atomic E-state index is 0. The van der Waals surface area contributed by atoms with Crippen LogP contribution in [0.2, 0.25) is 0 Å². The van der Waals surface area contributed by atoms with E-state index >= 15 is 0 Å². The molecule has 0 spiro atoms. The van der Waals surface area contributed by atoms with Gasteiger partial charge in [-0.2, -0.15) is 0 Å². The first kappa shape index (κ1) is 17.7. The van der Waals surface area contributed by atoms with Crippen LogP contribution in [0.5, 0.6) is 0 Å². The predicted octanol–water partition coefficient (Wildman–Crippen LogP) is 1.38. The van der Waals surface area contributed by atoms with E-state index in [1.54, 1.807) is 6.20 Å². The molecule has 6 heteroatoms. The van der Waals surface area contributed by atoms with Gasteiger partial charge < -0.3 is 29.1 Å². The molecular formula is C11H20N4PY. The number of nitrogens with zero attached hydrogens (tertiary/aromatic N) is 2. The maximum atomic E-state index is 4.11. The van der Waals surface area contributed by atoms with Crippen LogP contribution in [-0.4, -0.2) is 34.3 Å². The van der Waals surface area contributed by atoms with E-state index < -0.39 is 0 Å². The molecule has 2 atom stereocenters. The van der Waals surface area contributed by atoms with E-state index in [2.05, 4.69) is 49.4 Å². The Kier molecular flexibility index (Phi) is 11.0. The van der Waals surface area contributed by atoms with Crippen LogP contribution < -0.4 is 5.32 Å². The second kappa shape index (κ2) is 10.6. The van der Waals surface area contributed by atoms with Crippen molar-refractivity contribution in [2.45, 2.75) is 18.9 Å². The van der Waals surface area contributed by atoms with Gasteiger partial charge in [-0.1, -0.05) is 15.6 Å². The SMILES string of the molecule is PN1CCCC1c1n[c-]c[nH]1.[CH2-]CNC[CH2-].[Y+3]. The van der Waals surface area contributed by atoms with Gasteiger partial charge in [0.15, 0.2) is 0 Å². The predicted molar refractivity (Wildman–Crippen MR) is 69.4 cm³/mol. The van der Waals surface area contributed by atoms with Crippen LogP contribution in [0.25, 0.3) is 0 Å². The molecule has 4 nitrogen and oxygen atoms in total. The Morgan fingerprint density at radius 1 is 1.59 bits per heavy atom. The van der Waals surface area contributed by atoms with Gasteiger partial charge in [0.1, 0.15) is 0 Å². The molecule has 1 aromatic rings. The van der Waals surface area contributed by atoms with Crippen molar-refractivity contribution in [1.82, 2.24) is 20.0 Å². The molecule has 1 aliphatic rings. The number of H-pyrrole nitrogens is 1. The average Bonchev–Trinajstić information content (AvgIpc) is 2.90. The monoisotopic (exact) mass is 328 g/mol. The van der Waals surface area contributed by atoms with Gasteiger partial charge in [0.25, 0.3) is 0 Å². The third-order valence-corrected chi connectivity index (χ3v) is 3.05. The maximum absolute atomic E-state index is 4.11. The van der Waals surface area contributed by atoms with E-state index in [9.17, 15) is 0 Å². The Morgan fingerprint density at radius 2 is 2.29 bits per heavy atom. The quantitative estimate of drug-likeness (QED) is 0.651. The van der Waals surface area contributed by atoms with Gasteiger partial charge in [-0.05, 0) is 18.7 Å². The third kappa shape index (κ3) is 6.40. The Morgan fingerprint density at radius 3 is 2.65 bits per heavy atom. The number of imidazole rings is 1. The molecule has 1 fully saturated rings. The molecule has 0 saturated carbocycles. The Hall–Kier alpha value is 0.664. The van der Waals surface area contributed by atoms with Crippen molar-refractivity contribution in [3.8, 4) is 0 Å². The van der Waals surface area contributed by atoms with Crippen molar-refractivity contribution >= 4 is 9.39 Å². The molecule has 0 bridgehead atoms. The molecule has 92 valence electrons. The van der Waals surface area contributed by atoms with Gasteiger partial charge in [-0.3, -0.25) is 4.67 Å². The fraction of sp³-hybridized carbons (Fsp3) is 0.545. The van der Waals surface area contributed by atoms with E-state index in [0.717, 1.165) is 25.5 Å². The Balaban J connectivity index is 0.000000373. The number of hydrogen-bond donors (Lipinski definition) is 2. The molecule has 17 heavy (non-hydrogen) atoms. The Labute approximate surface area is 132 Å². The zero-order valence-electron chi connectivity index (χ0n) is 10.2. The molecule has 0 amide bonds.